The van der Waals surface area contributed by atoms with Crippen LogP contribution >= 0.6 is 12.6 Å². The summed E-state index contributed by atoms with van der Waals surface area (Å²) in [6.45, 7) is 3.22. The number of thiol groups is 1. The molecule has 2 rings (SSSR count). The Labute approximate surface area is 121 Å². The van der Waals surface area contributed by atoms with Gasteiger partial charge in [-0.2, -0.15) is 0 Å². The molecular weight excluding hydrogens is 280 g/mol. The molecule has 2 nitrogen and oxygen atoms in total. The van der Waals surface area contributed by atoms with Gasteiger partial charge in [0.1, 0.15) is 11.6 Å². The van der Waals surface area contributed by atoms with Crippen LogP contribution in [0, 0.1) is 25.5 Å². The van der Waals surface area contributed by atoms with Crippen molar-refractivity contribution in [2.24, 2.45) is 0 Å². The number of carbonyl (C=O) groups excluding carboxylic acids is 1. The zero-order valence-electron chi connectivity index (χ0n) is 11.0. The molecule has 0 spiro atoms. The minimum absolute atomic E-state index is 0.179. The molecule has 0 aromatic heterocycles. The molecule has 1 amide bonds. The lowest BCUT2D eigenvalue weighted by Crippen LogP contribution is -2.14. The first kappa shape index (κ1) is 14.5. The summed E-state index contributed by atoms with van der Waals surface area (Å²) in [6.07, 6.45) is 0. The molecule has 2 aromatic carbocycles. The summed E-state index contributed by atoms with van der Waals surface area (Å²) in [4.78, 5) is 12.7. The topological polar surface area (TPSA) is 29.1 Å². The minimum Gasteiger partial charge on any atom is -0.319 e. The van der Waals surface area contributed by atoms with E-state index in [4.69, 9.17) is 0 Å². The van der Waals surface area contributed by atoms with Gasteiger partial charge in [-0.05, 0) is 43.2 Å². The highest BCUT2D eigenvalue weighted by atomic mass is 32.1. The molecule has 0 unspecified atom stereocenters. The fourth-order valence-corrected chi connectivity index (χ4v) is 1.99. The molecule has 0 aliphatic rings. The molecule has 0 aliphatic heterocycles. The van der Waals surface area contributed by atoms with E-state index in [1.165, 1.54) is 6.92 Å². The molecule has 104 valence electrons. The van der Waals surface area contributed by atoms with Gasteiger partial charge in [0.2, 0.25) is 0 Å². The lowest BCUT2D eigenvalue weighted by Gasteiger charge is -2.10. The number of carbonyl (C=O) groups is 1. The third kappa shape index (κ3) is 2.99. The number of amides is 1. The van der Waals surface area contributed by atoms with Gasteiger partial charge in [-0.3, -0.25) is 4.79 Å². The minimum atomic E-state index is -0.670. The molecule has 5 heteroatoms. The van der Waals surface area contributed by atoms with Gasteiger partial charge in [-0.15, -0.1) is 12.6 Å². The largest absolute Gasteiger partial charge is 0.319 e. The summed E-state index contributed by atoms with van der Waals surface area (Å²) in [5, 5.41) is 2.37. The zero-order valence-corrected chi connectivity index (χ0v) is 11.9. The standard InChI is InChI=1S/C15H13F2NOS/c1-8-3-4-10(20)6-11(8)15(19)18-14-7-12(16)9(2)5-13(14)17/h3-7,20H,1-2H3,(H,18,19). The Kier molecular flexibility index (Phi) is 4.09. The summed E-state index contributed by atoms with van der Waals surface area (Å²) in [6, 6.07) is 7.09. The molecule has 0 saturated carbocycles. The van der Waals surface area contributed by atoms with Crippen LogP contribution in [-0.2, 0) is 0 Å². The third-order valence-electron chi connectivity index (χ3n) is 2.96. The quantitative estimate of drug-likeness (QED) is 0.801. The van der Waals surface area contributed by atoms with Gasteiger partial charge in [0, 0.05) is 16.5 Å². The average molecular weight is 293 g/mol. The molecule has 20 heavy (non-hydrogen) atoms. The summed E-state index contributed by atoms with van der Waals surface area (Å²) in [5.41, 5.74) is 1.11. The molecule has 0 fully saturated rings. The predicted octanol–water partition coefficient (Wildman–Crippen LogP) is 4.12. The second-order valence-electron chi connectivity index (χ2n) is 4.53. The Bertz CT molecular complexity index is 686. The van der Waals surface area contributed by atoms with Crippen LogP contribution in [0.4, 0.5) is 14.5 Å². The Morgan fingerprint density at radius 3 is 2.45 bits per heavy atom. The summed E-state index contributed by atoms with van der Waals surface area (Å²) in [7, 11) is 0. The van der Waals surface area contributed by atoms with Gasteiger partial charge in [0.25, 0.3) is 5.91 Å². The number of halogens is 2. The lowest BCUT2D eigenvalue weighted by atomic mass is 10.1. The van der Waals surface area contributed by atoms with Crippen LogP contribution in [-0.4, -0.2) is 5.91 Å². The number of rotatable bonds is 2. The van der Waals surface area contributed by atoms with E-state index in [9.17, 15) is 13.6 Å². The van der Waals surface area contributed by atoms with E-state index in [2.05, 4.69) is 17.9 Å². The first-order valence-corrected chi connectivity index (χ1v) is 6.40. The maximum absolute atomic E-state index is 13.7. The van der Waals surface area contributed by atoms with Crippen LogP contribution in [0.2, 0.25) is 0 Å². The third-order valence-corrected chi connectivity index (χ3v) is 3.24. The fraction of sp³-hybridized carbons (Fsp3) is 0.133. The van der Waals surface area contributed by atoms with E-state index in [0.717, 1.165) is 17.7 Å². The van der Waals surface area contributed by atoms with E-state index < -0.39 is 17.5 Å². The van der Waals surface area contributed by atoms with Crippen LogP contribution in [0.3, 0.4) is 0 Å². The van der Waals surface area contributed by atoms with Crippen LogP contribution < -0.4 is 5.32 Å². The van der Waals surface area contributed by atoms with E-state index in [1.807, 2.05) is 0 Å². The lowest BCUT2D eigenvalue weighted by molar-refractivity contribution is 0.102. The SMILES string of the molecule is Cc1cc(F)c(NC(=O)c2cc(S)ccc2C)cc1F. The van der Waals surface area contributed by atoms with Crippen LogP contribution in [0.15, 0.2) is 35.2 Å². The van der Waals surface area contributed by atoms with Crippen molar-refractivity contribution in [3.63, 3.8) is 0 Å². The Morgan fingerprint density at radius 2 is 1.75 bits per heavy atom. The normalized spacial score (nSPS) is 10.4. The van der Waals surface area contributed by atoms with E-state index >= 15 is 0 Å². The highest BCUT2D eigenvalue weighted by molar-refractivity contribution is 7.80. The fourth-order valence-electron chi connectivity index (χ4n) is 1.79. The van der Waals surface area contributed by atoms with Gasteiger partial charge >= 0.3 is 0 Å². The van der Waals surface area contributed by atoms with Gasteiger partial charge in [0.05, 0.1) is 5.69 Å². The molecule has 0 bridgehead atoms. The van der Waals surface area contributed by atoms with E-state index in [1.54, 1.807) is 25.1 Å². The van der Waals surface area contributed by atoms with Crippen molar-refractivity contribution < 1.29 is 13.6 Å². The second-order valence-corrected chi connectivity index (χ2v) is 5.05. The highest BCUT2D eigenvalue weighted by Crippen LogP contribution is 2.21. The Morgan fingerprint density at radius 1 is 1.05 bits per heavy atom. The molecule has 0 saturated heterocycles. The molecular formula is C15H13F2NOS. The van der Waals surface area contributed by atoms with E-state index in [-0.39, 0.29) is 11.3 Å². The van der Waals surface area contributed by atoms with Gasteiger partial charge in [-0.25, -0.2) is 8.78 Å². The highest BCUT2D eigenvalue weighted by Gasteiger charge is 2.13. The number of benzene rings is 2. The van der Waals surface area contributed by atoms with Crippen molar-refractivity contribution in [2.75, 3.05) is 5.32 Å². The van der Waals surface area contributed by atoms with Crippen molar-refractivity contribution in [3.05, 3.63) is 58.7 Å². The Hall–Kier alpha value is -1.88. The van der Waals surface area contributed by atoms with Crippen molar-refractivity contribution in [1.82, 2.24) is 0 Å². The summed E-state index contributed by atoms with van der Waals surface area (Å²) >= 11 is 4.16. The summed E-state index contributed by atoms with van der Waals surface area (Å²) < 4.78 is 27.1. The van der Waals surface area contributed by atoms with Crippen LogP contribution in [0.1, 0.15) is 21.5 Å². The van der Waals surface area contributed by atoms with Gasteiger partial charge < -0.3 is 5.32 Å². The van der Waals surface area contributed by atoms with Crippen molar-refractivity contribution in [3.8, 4) is 0 Å². The monoisotopic (exact) mass is 293 g/mol. The first-order valence-electron chi connectivity index (χ1n) is 5.95. The summed E-state index contributed by atoms with van der Waals surface area (Å²) in [5.74, 6) is -1.74. The molecule has 1 N–H and O–H groups in total. The van der Waals surface area contributed by atoms with Gasteiger partial charge in [0.15, 0.2) is 0 Å². The molecule has 2 aromatic rings. The zero-order chi connectivity index (χ0) is 14.9. The second kappa shape index (κ2) is 5.63. The maximum Gasteiger partial charge on any atom is 0.256 e. The van der Waals surface area contributed by atoms with Crippen LogP contribution in [0.5, 0.6) is 0 Å². The van der Waals surface area contributed by atoms with Crippen LogP contribution in [0.25, 0.3) is 0 Å². The molecule has 0 aliphatic carbocycles. The average Bonchev–Trinajstić information content (AvgIpc) is 2.38. The molecule has 0 atom stereocenters. The predicted molar refractivity (Wildman–Crippen MR) is 77.5 cm³/mol. The Balaban J connectivity index is 2.32. The number of anilines is 1. The van der Waals surface area contributed by atoms with E-state index in [0.29, 0.717) is 10.5 Å². The maximum atomic E-state index is 13.7. The van der Waals surface area contributed by atoms with Crippen molar-refractivity contribution in [1.29, 1.82) is 0 Å². The smallest absolute Gasteiger partial charge is 0.256 e. The number of aryl methyl sites for hydroxylation is 2. The van der Waals surface area contributed by atoms with Crippen molar-refractivity contribution >= 4 is 24.2 Å². The molecule has 0 radical (unpaired) electrons. The number of hydrogen-bond donors (Lipinski definition) is 2. The number of hydrogen-bond acceptors (Lipinski definition) is 2. The number of nitrogens with one attached hydrogen (secondary N) is 1. The molecule has 0 heterocycles. The van der Waals surface area contributed by atoms with Gasteiger partial charge in [-0.1, -0.05) is 6.07 Å². The van der Waals surface area contributed by atoms with Crippen molar-refractivity contribution in [2.45, 2.75) is 18.7 Å². The first-order chi connectivity index (χ1) is 9.38.